The number of pyridine rings is 1. The Hall–Kier alpha value is -2.69. The van der Waals surface area contributed by atoms with E-state index in [0.717, 1.165) is 31.4 Å². The van der Waals surface area contributed by atoms with Gasteiger partial charge in [-0.25, -0.2) is 0 Å². The van der Waals surface area contributed by atoms with Gasteiger partial charge in [-0.1, -0.05) is 30.7 Å². The van der Waals surface area contributed by atoms with Crippen molar-refractivity contribution >= 4 is 17.5 Å². The van der Waals surface area contributed by atoms with Crippen molar-refractivity contribution in [3.05, 3.63) is 59.9 Å². The Morgan fingerprint density at radius 1 is 1.21 bits per heavy atom. The first-order valence-corrected chi connectivity index (χ1v) is 9.91. The lowest BCUT2D eigenvalue weighted by Crippen LogP contribution is -2.35. The summed E-state index contributed by atoms with van der Waals surface area (Å²) in [6.45, 7) is 2.53. The summed E-state index contributed by atoms with van der Waals surface area (Å²) in [4.78, 5) is 30.6. The van der Waals surface area contributed by atoms with E-state index in [1.54, 1.807) is 18.3 Å². The second-order valence-corrected chi connectivity index (χ2v) is 7.17. The molecule has 1 N–H and O–H groups in total. The maximum atomic E-state index is 12.7. The molecule has 2 heterocycles. The predicted molar refractivity (Wildman–Crippen MR) is 111 cm³/mol. The van der Waals surface area contributed by atoms with Crippen molar-refractivity contribution in [2.45, 2.75) is 57.9 Å². The summed E-state index contributed by atoms with van der Waals surface area (Å²) in [7, 11) is 0. The molecule has 28 heavy (non-hydrogen) atoms. The van der Waals surface area contributed by atoms with Crippen molar-refractivity contribution in [2.24, 2.45) is 0 Å². The van der Waals surface area contributed by atoms with Gasteiger partial charge in [0.1, 0.15) is 0 Å². The van der Waals surface area contributed by atoms with Crippen LogP contribution in [0.1, 0.15) is 52.9 Å². The van der Waals surface area contributed by atoms with Gasteiger partial charge in [-0.3, -0.25) is 14.6 Å². The Bertz CT molecular complexity index is 863. The summed E-state index contributed by atoms with van der Waals surface area (Å²) in [6.07, 6.45) is 4.70. The summed E-state index contributed by atoms with van der Waals surface area (Å²) in [6, 6.07) is 11.7. The lowest BCUT2D eigenvalue weighted by atomic mass is 10.1. The first kappa shape index (κ1) is 17.4. The van der Waals surface area contributed by atoms with Crippen molar-refractivity contribution in [3.8, 4) is 0 Å². The molecule has 5 nitrogen and oxygen atoms in total. The van der Waals surface area contributed by atoms with Crippen LogP contribution in [0, 0.1) is 0 Å². The number of aromatic nitrogens is 1. The molecule has 1 aromatic heterocycles. The normalized spacial score (nSPS) is 18.6. The molecule has 0 saturated carbocycles. The van der Waals surface area contributed by atoms with Gasteiger partial charge >= 0.3 is 0 Å². The van der Waals surface area contributed by atoms with E-state index in [-0.39, 0.29) is 11.9 Å². The van der Waals surface area contributed by atoms with E-state index in [0.29, 0.717) is 18.5 Å². The minimum atomic E-state index is -1.19. The molecule has 0 fully saturated rings. The predicted octanol–water partition coefficient (Wildman–Crippen LogP) is 3.67. The summed E-state index contributed by atoms with van der Waals surface area (Å²) < 4.78 is 16.1. The number of rotatable bonds is 9. The molecule has 1 aromatic carbocycles. The third-order valence-electron chi connectivity index (χ3n) is 4.95. The fourth-order valence-corrected chi connectivity index (χ4v) is 3.56. The van der Waals surface area contributed by atoms with Crippen LogP contribution in [-0.4, -0.2) is 29.4 Å². The summed E-state index contributed by atoms with van der Waals surface area (Å²) in [5.41, 5.74) is 2.82. The number of amides is 2. The van der Waals surface area contributed by atoms with Crippen molar-refractivity contribution in [2.75, 3.05) is 11.4 Å². The molecule has 3 rings (SSSR count). The van der Waals surface area contributed by atoms with E-state index in [4.69, 9.17) is 2.74 Å². The quantitative estimate of drug-likeness (QED) is 0.674. The Morgan fingerprint density at radius 3 is 2.89 bits per heavy atom. The molecule has 0 spiro atoms. The highest BCUT2D eigenvalue weighted by molar-refractivity contribution is 5.96. The van der Waals surface area contributed by atoms with Crippen LogP contribution in [0.2, 0.25) is 0 Å². The van der Waals surface area contributed by atoms with Crippen LogP contribution in [0.3, 0.4) is 0 Å². The first-order chi connectivity index (χ1) is 14.5. The van der Waals surface area contributed by atoms with Gasteiger partial charge in [0.05, 0.1) is 0 Å². The van der Waals surface area contributed by atoms with Crippen LogP contribution < -0.4 is 10.2 Å². The van der Waals surface area contributed by atoms with E-state index in [1.165, 1.54) is 11.8 Å². The second kappa shape index (κ2) is 10.0. The zero-order chi connectivity index (χ0) is 21.5. The smallest absolute Gasteiger partial charge is 0.227 e. The molecule has 1 unspecified atom stereocenters. The Morgan fingerprint density at radius 2 is 2.07 bits per heavy atom. The van der Waals surface area contributed by atoms with Gasteiger partial charge in [0.2, 0.25) is 11.8 Å². The molecule has 5 heteroatoms. The minimum Gasteiger partial charge on any atom is -0.356 e. The second-order valence-electron chi connectivity index (χ2n) is 7.17. The van der Waals surface area contributed by atoms with Gasteiger partial charge in [0, 0.05) is 46.2 Å². The molecule has 0 bridgehead atoms. The molecule has 1 aliphatic rings. The molecule has 0 saturated heterocycles. The lowest BCUT2D eigenvalue weighted by Gasteiger charge is -2.22. The maximum absolute atomic E-state index is 12.7. The van der Waals surface area contributed by atoms with E-state index in [1.807, 2.05) is 23.1 Å². The number of hydrogen-bond acceptors (Lipinski definition) is 3. The van der Waals surface area contributed by atoms with Gasteiger partial charge in [0.15, 0.2) is 0 Å². The van der Waals surface area contributed by atoms with Crippen LogP contribution in [0.5, 0.6) is 0 Å². The lowest BCUT2D eigenvalue weighted by molar-refractivity contribution is -0.121. The summed E-state index contributed by atoms with van der Waals surface area (Å²) in [5, 5.41) is 2.73. The number of aryl methyl sites for hydroxylation is 1. The largest absolute Gasteiger partial charge is 0.356 e. The molecule has 3 atom stereocenters. The van der Waals surface area contributed by atoms with Gasteiger partial charge in [-0.15, -0.1) is 0 Å². The maximum Gasteiger partial charge on any atom is 0.227 e. The van der Waals surface area contributed by atoms with Crippen LogP contribution >= 0.6 is 0 Å². The van der Waals surface area contributed by atoms with Gasteiger partial charge < -0.3 is 10.2 Å². The number of fused-ring (bicyclic) bond motifs is 1. The first-order valence-electron chi connectivity index (χ1n) is 11.1. The number of para-hydroxylation sites is 1. The van der Waals surface area contributed by atoms with Crippen LogP contribution in [-0.2, 0) is 22.4 Å². The molecule has 148 valence electrons. The SMILES string of the molecule is [2H][C@H](C(=O)NCCCCCC(=O)N1c2ccccc2CC1C)[C@@H]([2H])c1cccnc1. The van der Waals surface area contributed by atoms with E-state index >= 15 is 0 Å². The highest BCUT2D eigenvalue weighted by Gasteiger charge is 2.29. The molecular weight excluding hydrogens is 350 g/mol. The highest BCUT2D eigenvalue weighted by atomic mass is 16.2. The average Bonchev–Trinajstić information content (AvgIpc) is 3.11. The Kier molecular flexibility index (Phi) is 6.23. The summed E-state index contributed by atoms with van der Waals surface area (Å²) in [5.74, 6) is -0.298. The zero-order valence-corrected chi connectivity index (χ0v) is 16.3. The minimum absolute atomic E-state index is 0.149. The number of anilines is 1. The number of nitrogens with zero attached hydrogens (tertiary/aromatic N) is 2. The standard InChI is InChI=1S/C23H29N3O2/c1-18-16-20-9-4-5-10-21(20)26(18)23(28)11-3-2-6-15-25-22(27)13-12-19-8-7-14-24-17-19/h4-5,7-10,14,17-18H,2-3,6,11-13,15-16H2,1H3,(H,25,27)/i12D,13D/t12-,13+,18?/m1/s1. The van der Waals surface area contributed by atoms with E-state index in [2.05, 4.69) is 23.3 Å². The zero-order valence-electron chi connectivity index (χ0n) is 18.3. The number of unbranched alkanes of at least 4 members (excludes halogenated alkanes) is 2. The number of carbonyl (C=O) groups is 2. The molecular formula is C23H29N3O2. The van der Waals surface area contributed by atoms with Gasteiger partial charge in [0.25, 0.3) is 0 Å². The molecule has 0 aliphatic carbocycles. The third-order valence-corrected chi connectivity index (χ3v) is 4.95. The van der Waals surface area contributed by atoms with Gasteiger partial charge in [-0.05, 0) is 55.8 Å². The molecule has 1 aliphatic heterocycles. The van der Waals surface area contributed by atoms with E-state index in [9.17, 15) is 9.59 Å². The van der Waals surface area contributed by atoms with Crippen LogP contribution in [0.4, 0.5) is 5.69 Å². The molecule has 2 aromatic rings. The van der Waals surface area contributed by atoms with Crippen molar-refractivity contribution in [3.63, 3.8) is 0 Å². The number of benzene rings is 1. The monoisotopic (exact) mass is 381 g/mol. The Labute approximate surface area is 170 Å². The number of carbonyl (C=O) groups excluding carboxylic acids is 2. The molecule has 0 radical (unpaired) electrons. The molecule has 2 amide bonds. The topological polar surface area (TPSA) is 62.3 Å². The fraction of sp³-hybridized carbons (Fsp3) is 0.435. The average molecular weight is 382 g/mol. The van der Waals surface area contributed by atoms with Crippen molar-refractivity contribution in [1.82, 2.24) is 10.3 Å². The van der Waals surface area contributed by atoms with Crippen molar-refractivity contribution < 1.29 is 12.3 Å². The summed E-state index contributed by atoms with van der Waals surface area (Å²) >= 11 is 0. The van der Waals surface area contributed by atoms with Crippen molar-refractivity contribution in [1.29, 1.82) is 0 Å². The number of nitrogens with one attached hydrogen (secondary N) is 1. The number of hydrogen-bond donors (Lipinski definition) is 1. The Balaban J connectivity index is 1.35. The van der Waals surface area contributed by atoms with E-state index < -0.39 is 18.7 Å². The fourth-order valence-electron chi connectivity index (χ4n) is 3.56. The van der Waals surface area contributed by atoms with Crippen LogP contribution in [0.15, 0.2) is 48.8 Å². The third kappa shape index (κ3) is 5.41. The van der Waals surface area contributed by atoms with Gasteiger partial charge in [-0.2, -0.15) is 0 Å². The highest BCUT2D eigenvalue weighted by Crippen LogP contribution is 2.32. The van der Waals surface area contributed by atoms with Crippen LogP contribution in [0.25, 0.3) is 0 Å².